The van der Waals surface area contributed by atoms with Gasteiger partial charge in [-0.1, -0.05) is 13.0 Å². The van der Waals surface area contributed by atoms with Crippen LogP contribution in [0.5, 0.6) is 5.75 Å². The average Bonchev–Trinajstić information content (AvgIpc) is 2.46. The molecule has 2 aliphatic carbocycles. The summed E-state index contributed by atoms with van der Waals surface area (Å²) in [5.41, 5.74) is 2.85. The van der Waals surface area contributed by atoms with Crippen LogP contribution in [0.25, 0.3) is 0 Å². The van der Waals surface area contributed by atoms with Crippen molar-refractivity contribution >= 4 is 5.78 Å². The Hall–Kier alpha value is -1.35. The highest BCUT2D eigenvalue weighted by Crippen LogP contribution is 2.55. The van der Waals surface area contributed by atoms with Crippen LogP contribution in [0.4, 0.5) is 0 Å². The number of nitrogens with one attached hydrogen (secondary N) is 1. The van der Waals surface area contributed by atoms with Crippen LogP contribution in [0.2, 0.25) is 0 Å². The third kappa shape index (κ3) is 1.80. The lowest BCUT2D eigenvalue weighted by molar-refractivity contribution is -0.127. The summed E-state index contributed by atoms with van der Waals surface area (Å²) in [6, 6.07) is 6.99. The molecule has 3 nitrogen and oxygen atoms in total. The van der Waals surface area contributed by atoms with E-state index in [1.165, 1.54) is 11.1 Å². The lowest BCUT2D eigenvalue weighted by Gasteiger charge is -2.57. The summed E-state index contributed by atoms with van der Waals surface area (Å²) >= 11 is 0. The largest absolute Gasteiger partial charge is 0.497 e. The first-order chi connectivity index (χ1) is 10.1. The quantitative estimate of drug-likeness (QED) is 0.861. The van der Waals surface area contributed by atoms with Gasteiger partial charge in [0.1, 0.15) is 11.5 Å². The summed E-state index contributed by atoms with van der Waals surface area (Å²) in [6.07, 6.45) is 3.64. The summed E-state index contributed by atoms with van der Waals surface area (Å²) in [5.74, 6) is 2.42. The molecule has 2 fully saturated rings. The predicted octanol–water partition coefficient (Wildman–Crippen LogP) is 2.47. The van der Waals surface area contributed by atoms with Crippen molar-refractivity contribution in [2.75, 3.05) is 13.7 Å². The van der Waals surface area contributed by atoms with Gasteiger partial charge in [-0.25, -0.2) is 0 Å². The molecule has 1 aliphatic heterocycles. The van der Waals surface area contributed by atoms with Gasteiger partial charge < -0.3 is 10.1 Å². The monoisotopic (exact) mass is 285 g/mol. The molecule has 0 amide bonds. The minimum absolute atomic E-state index is 0.0484. The van der Waals surface area contributed by atoms with Crippen molar-refractivity contribution in [2.24, 2.45) is 11.8 Å². The number of ketones is 1. The van der Waals surface area contributed by atoms with E-state index in [4.69, 9.17) is 4.74 Å². The second kappa shape index (κ2) is 4.57. The zero-order valence-corrected chi connectivity index (χ0v) is 12.8. The van der Waals surface area contributed by atoms with Crippen LogP contribution >= 0.6 is 0 Å². The third-order valence-corrected chi connectivity index (χ3v) is 6.02. The molecule has 0 spiro atoms. The van der Waals surface area contributed by atoms with Crippen molar-refractivity contribution in [1.29, 1.82) is 0 Å². The molecule has 1 aromatic rings. The lowest BCUT2D eigenvalue weighted by atomic mass is 9.50. The Kier molecular flexibility index (Phi) is 2.90. The molecule has 4 rings (SSSR count). The van der Waals surface area contributed by atoms with Gasteiger partial charge in [0, 0.05) is 24.3 Å². The number of hydrogen-bond acceptors (Lipinski definition) is 3. The van der Waals surface area contributed by atoms with E-state index in [0.29, 0.717) is 23.7 Å². The van der Waals surface area contributed by atoms with E-state index in [0.717, 1.165) is 38.0 Å². The fraction of sp³-hybridized carbons (Fsp3) is 0.611. The number of benzene rings is 1. The molecular weight excluding hydrogens is 262 g/mol. The van der Waals surface area contributed by atoms with Crippen LogP contribution in [0, 0.1) is 11.8 Å². The van der Waals surface area contributed by atoms with E-state index >= 15 is 0 Å². The molecule has 0 radical (unpaired) electrons. The van der Waals surface area contributed by atoms with Crippen molar-refractivity contribution in [3.05, 3.63) is 29.3 Å². The molecule has 1 saturated heterocycles. The Labute approximate surface area is 126 Å². The summed E-state index contributed by atoms with van der Waals surface area (Å²) < 4.78 is 5.45. The van der Waals surface area contributed by atoms with E-state index < -0.39 is 0 Å². The lowest BCUT2D eigenvalue weighted by Crippen LogP contribution is -2.62. The van der Waals surface area contributed by atoms with E-state index in [2.05, 4.69) is 30.4 Å². The maximum absolute atomic E-state index is 12.3. The second-order valence-corrected chi connectivity index (χ2v) is 7.12. The first-order valence-corrected chi connectivity index (χ1v) is 8.06. The number of hydrogen-bond donors (Lipinski definition) is 1. The highest BCUT2D eigenvalue weighted by Gasteiger charge is 2.55. The van der Waals surface area contributed by atoms with Crippen molar-refractivity contribution in [2.45, 2.75) is 44.1 Å². The fourth-order valence-electron chi connectivity index (χ4n) is 5.39. The predicted molar refractivity (Wildman–Crippen MR) is 81.7 cm³/mol. The summed E-state index contributed by atoms with van der Waals surface area (Å²) in [7, 11) is 1.72. The molecule has 0 unspecified atom stereocenters. The number of ether oxygens (including phenoxy) is 1. The van der Waals surface area contributed by atoms with Crippen LogP contribution in [0.15, 0.2) is 18.2 Å². The van der Waals surface area contributed by atoms with Gasteiger partial charge in [0.15, 0.2) is 0 Å². The zero-order valence-electron chi connectivity index (χ0n) is 12.8. The summed E-state index contributed by atoms with van der Waals surface area (Å²) in [6.45, 7) is 3.29. The Morgan fingerprint density at radius 2 is 2.19 bits per heavy atom. The molecule has 2 bridgehead atoms. The Morgan fingerprint density at radius 1 is 1.33 bits per heavy atom. The molecule has 1 saturated carbocycles. The number of piperidine rings is 1. The van der Waals surface area contributed by atoms with Gasteiger partial charge in [-0.15, -0.1) is 0 Å². The maximum Gasteiger partial charge on any atom is 0.134 e. The van der Waals surface area contributed by atoms with E-state index in [1.807, 2.05) is 0 Å². The van der Waals surface area contributed by atoms with Crippen LogP contribution in [0.1, 0.15) is 37.3 Å². The van der Waals surface area contributed by atoms with Crippen molar-refractivity contribution in [3.63, 3.8) is 0 Å². The second-order valence-electron chi connectivity index (χ2n) is 7.12. The summed E-state index contributed by atoms with van der Waals surface area (Å²) in [4.78, 5) is 12.3. The van der Waals surface area contributed by atoms with Crippen LogP contribution in [0.3, 0.4) is 0 Å². The zero-order chi connectivity index (χ0) is 14.6. The third-order valence-electron chi connectivity index (χ3n) is 6.02. The van der Waals surface area contributed by atoms with Gasteiger partial charge in [-0.3, -0.25) is 4.79 Å². The van der Waals surface area contributed by atoms with Crippen molar-refractivity contribution in [1.82, 2.24) is 5.32 Å². The highest BCUT2D eigenvalue weighted by molar-refractivity contribution is 5.82. The Morgan fingerprint density at radius 3 is 3.00 bits per heavy atom. The van der Waals surface area contributed by atoms with Crippen LogP contribution in [-0.2, 0) is 16.6 Å². The first-order valence-electron chi connectivity index (χ1n) is 8.06. The van der Waals surface area contributed by atoms with Crippen LogP contribution in [-0.4, -0.2) is 25.5 Å². The molecule has 3 aliphatic rings. The number of Topliss-reactive ketones (excluding diaryl/α,β-unsaturated/α-hetero) is 1. The van der Waals surface area contributed by atoms with Crippen LogP contribution < -0.4 is 10.1 Å². The minimum atomic E-state index is 0.0484. The Bertz CT molecular complexity index is 597. The fourth-order valence-corrected chi connectivity index (χ4v) is 5.39. The molecule has 112 valence electrons. The molecule has 3 heteroatoms. The molecule has 1 N–H and O–H groups in total. The Balaban J connectivity index is 1.91. The van der Waals surface area contributed by atoms with E-state index in [9.17, 15) is 4.79 Å². The van der Waals surface area contributed by atoms with Gasteiger partial charge in [-0.05, 0) is 54.5 Å². The molecule has 0 aromatic heterocycles. The molecule has 1 aromatic carbocycles. The van der Waals surface area contributed by atoms with E-state index in [-0.39, 0.29) is 5.41 Å². The number of carbonyl (C=O) groups excluding carboxylic acids is 1. The van der Waals surface area contributed by atoms with Gasteiger partial charge in [0.2, 0.25) is 0 Å². The molecule has 21 heavy (non-hydrogen) atoms. The minimum Gasteiger partial charge on any atom is -0.497 e. The number of rotatable bonds is 1. The smallest absolute Gasteiger partial charge is 0.134 e. The normalized spacial score (nSPS) is 37.6. The topological polar surface area (TPSA) is 38.3 Å². The SMILES string of the molecule is COc1ccc2c(c1)[C@]13CCN[C@H](C2)[C@@H]1[C@H](C)CC(=O)C3. The van der Waals surface area contributed by atoms with Crippen molar-refractivity contribution in [3.8, 4) is 5.75 Å². The van der Waals surface area contributed by atoms with Gasteiger partial charge in [0.05, 0.1) is 7.11 Å². The van der Waals surface area contributed by atoms with Crippen molar-refractivity contribution < 1.29 is 9.53 Å². The summed E-state index contributed by atoms with van der Waals surface area (Å²) in [5, 5.41) is 3.72. The van der Waals surface area contributed by atoms with Gasteiger partial charge in [0.25, 0.3) is 0 Å². The standard InChI is InChI=1S/C18H23NO2/c1-11-7-13(20)10-18-5-6-19-16(17(11)18)8-12-3-4-14(21-2)9-15(12)18/h3-4,9,11,16-17,19H,5-8,10H2,1-2H3/t11-,16-,17+,18-/m1/s1. The maximum atomic E-state index is 12.3. The first kappa shape index (κ1) is 13.3. The highest BCUT2D eigenvalue weighted by atomic mass is 16.5. The van der Waals surface area contributed by atoms with Gasteiger partial charge in [-0.2, -0.15) is 0 Å². The number of carbonyl (C=O) groups is 1. The van der Waals surface area contributed by atoms with Gasteiger partial charge >= 0.3 is 0 Å². The average molecular weight is 285 g/mol. The molecular formula is C18H23NO2. The number of fused-ring (bicyclic) bond motifs is 1. The molecule has 4 atom stereocenters. The molecule has 1 heterocycles. The number of methoxy groups -OCH3 is 1. The van der Waals surface area contributed by atoms with E-state index in [1.54, 1.807) is 7.11 Å².